The van der Waals surface area contributed by atoms with Crippen molar-refractivity contribution in [2.24, 2.45) is 5.92 Å². The Morgan fingerprint density at radius 1 is 1.26 bits per heavy atom. The number of piperidine rings is 1. The summed E-state index contributed by atoms with van der Waals surface area (Å²) in [5.41, 5.74) is 4.50. The molecule has 0 atom stereocenters. The number of hydrogen-bond donors (Lipinski definition) is 1. The normalized spacial score (nSPS) is 15.2. The van der Waals surface area contributed by atoms with Crippen LogP contribution < -0.4 is 4.90 Å². The molecule has 0 bridgehead atoms. The van der Waals surface area contributed by atoms with E-state index in [4.69, 9.17) is 9.84 Å². The third-order valence-corrected chi connectivity index (χ3v) is 6.01. The van der Waals surface area contributed by atoms with Gasteiger partial charge in [0.15, 0.2) is 11.3 Å². The van der Waals surface area contributed by atoms with Crippen LogP contribution in [0.5, 0.6) is 0 Å². The third-order valence-electron chi connectivity index (χ3n) is 6.01. The maximum atomic E-state index is 11.9. The van der Waals surface area contributed by atoms with Crippen molar-refractivity contribution in [3.63, 3.8) is 0 Å². The maximum absolute atomic E-state index is 11.9. The molecule has 2 aromatic heterocycles. The third kappa shape index (κ3) is 4.14. The standard InChI is InChI=1S/C24H30N4O3/c1-15(2)22-21-20(27-10-8-17(9-11-27)14-31-4)13-19(24(29)30)25-23(21)28(26-22)18-7-5-6-16(3)12-18/h5-7,12-13,15,17H,8-11,14H2,1-4H3,(H,29,30). The van der Waals surface area contributed by atoms with Gasteiger partial charge in [-0.25, -0.2) is 14.5 Å². The Hall–Kier alpha value is -2.93. The highest BCUT2D eigenvalue weighted by molar-refractivity contribution is 5.98. The number of carboxylic acid groups (broad SMARTS) is 1. The van der Waals surface area contributed by atoms with Crippen LogP contribution >= 0.6 is 0 Å². The molecule has 0 saturated carbocycles. The lowest BCUT2D eigenvalue weighted by atomic mass is 9.96. The van der Waals surface area contributed by atoms with Crippen LogP contribution in [0.3, 0.4) is 0 Å². The van der Waals surface area contributed by atoms with Crippen molar-refractivity contribution in [3.05, 3.63) is 47.3 Å². The van der Waals surface area contributed by atoms with E-state index >= 15 is 0 Å². The minimum atomic E-state index is -1.03. The molecular weight excluding hydrogens is 392 g/mol. The summed E-state index contributed by atoms with van der Waals surface area (Å²) < 4.78 is 7.13. The molecule has 0 radical (unpaired) electrons. The molecular formula is C24H30N4O3. The second kappa shape index (κ2) is 8.67. The van der Waals surface area contributed by atoms with E-state index in [1.165, 1.54) is 0 Å². The van der Waals surface area contributed by atoms with Crippen LogP contribution in [0.4, 0.5) is 5.69 Å². The number of aromatic carboxylic acids is 1. The first kappa shape index (κ1) is 21.3. The van der Waals surface area contributed by atoms with Crippen molar-refractivity contribution in [1.82, 2.24) is 14.8 Å². The number of aryl methyl sites for hydroxylation is 1. The Balaban J connectivity index is 1.90. The number of pyridine rings is 1. The summed E-state index contributed by atoms with van der Waals surface area (Å²) in [7, 11) is 1.74. The largest absolute Gasteiger partial charge is 0.477 e. The molecule has 0 aliphatic carbocycles. The predicted molar refractivity (Wildman–Crippen MR) is 121 cm³/mol. The number of benzene rings is 1. The number of ether oxygens (including phenoxy) is 1. The number of anilines is 1. The van der Waals surface area contributed by atoms with Gasteiger partial charge in [0.05, 0.1) is 22.5 Å². The van der Waals surface area contributed by atoms with E-state index in [-0.39, 0.29) is 11.6 Å². The molecule has 3 heterocycles. The molecule has 164 valence electrons. The van der Waals surface area contributed by atoms with Crippen LogP contribution in [0.2, 0.25) is 0 Å². The van der Waals surface area contributed by atoms with E-state index in [9.17, 15) is 9.90 Å². The topological polar surface area (TPSA) is 80.5 Å². The molecule has 7 heteroatoms. The number of carbonyl (C=O) groups is 1. The lowest BCUT2D eigenvalue weighted by molar-refractivity contribution is 0.0691. The summed E-state index contributed by atoms with van der Waals surface area (Å²) in [6.45, 7) is 8.75. The molecule has 0 unspecified atom stereocenters. The van der Waals surface area contributed by atoms with E-state index in [1.54, 1.807) is 17.9 Å². The Labute approximate surface area is 182 Å². The van der Waals surface area contributed by atoms with Gasteiger partial charge in [-0.1, -0.05) is 26.0 Å². The van der Waals surface area contributed by atoms with Crippen molar-refractivity contribution >= 4 is 22.7 Å². The summed E-state index contributed by atoms with van der Waals surface area (Å²) in [6.07, 6.45) is 2.03. The summed E-state index contributed by atoms with van der Waals surface area (Å²) >= 11 is 0. The van der Waals surface area contributed by atoms with Crippen LogP contribution in [-0.4, -0.2) is 52.6 Å². The van der Waals surface area contributed by atoms with Gasteiger partial charge in [0.25, 0.3) is 0 Å². The highest BCUT2D eigenvalue weighted by atomic mass is 16.5. The molecule has 31 heavy (non-hydrogen) atoms. The zero-order valence-electron chi connectivity index (χ0n) is 18.6. The zero-order valence-corrected chi connectivity index (χ0v) is 18.6. The predicted octanol–water partition coefficient (Wildman–Crippen LogP) is 4.41. The lowest BCUT2D eigenvalue weighted by Crippen LogP contribution is -2.35. The van der Waals surface area contributed by atoms with E-state index < -0.39 is 5.97 Å². The fraction of sp³-hybridized carbons (Fsp3) is 0.458. The molecule has 1 fully saturated rings. The number of methoxy groups -OCH3 is 1. The molecule has 0 spiro atoms. The van der Waals surface area contributed by atoms with Gasteiger partial charge in [0.1, 0.15) is 0 Å². The Kier molecular flexibility index (Phi) is 5.96. The van der Waals surface area contributed by atoms with Gasteiger partial charge in [-0.2, -0.15) is 5.10 Å². The average Bonchev–Trinajstić information content (AvgIpc) is 3.14. The van der Waals surface area contributed by atoms with Gasteiger partial charge in [0, 0.05) is 26.8 Å². The van der Waals surface area contributed by atoms with Crippen LogP contribution in [0, 0.1) is 12.8 Å². The SMILES string of the molecule is COCC1CCN(c2cc(C(=O)O)nc3c2c(C(C)C)nn3-c2cccc(C)c2)CC1. The number of carboxylic acids is 1. The lowest BCUT2D eigenvalue weighted by Gasteiger charge is -2.34. The number of rotatable bonds is 6. The van der Waals surface area contributed by atoms with E-state index in [0.29, 0.717) is 11.6 Å². The van der Waals surface area contributed by atoms with Gasteiger partial charge < -0.3 is 14.7 Å². The van der Waals surface area contributed by atoms with E-state index in [2.05, 4.69) is 23.7 Å². The Morgan fingerprint density at radius 2 is 2.00 bits per heavy atom. The summed E-state index contributed by atoms with van der Waals surface area (Å²) in [6, 6.07) is 9.76. The molecule has 1 aromatic carbocycles. The second-order valence-electron chi connectivity index (χ2n) is 8.71. The summed E-state index contributed by atoms with van der Waals surface area (Å²) in [4.78, 5) is 18.8. The molecule has 3 aromatic rings. The zero-order chi connectivity index (χ0) is 22.1. The van der Waals surface area contributed by atoms with Crippen LogP contribution in [0.1, 0.15) is 54.4 Å². The van der Waals surface area contributed by atoms with Gasteiger partial charge in [-0.15, -0.1) is 0 Å². The van der Waals surface area contributed by atoms with Gasteiger partial charge >= 0.3 is 5.97 Å². The smallest absolute Gasteiger partial charge is 0.354 e. The second-order valence-corrected chi connectivity index (χ2v) is 8.71. The van der Waals surface area contributed by atoms with Crippen LogP contribution in [-0.2, 0) is 4.74 Å². The van der Waals surface area contributed by atoms with Crippen LogP contribution in [0.15, 0.2) is 30.3 Å². The molecule has 1 aliphatic heterocycles. The number of nitrogens with zero attached hydrogens (tertiary/aromatic N) is 4. The summed E-state index contributed by atoms with van der Waals surface area (Å²) in [5, 5.41) is 15.6. The first-order valence-corrected chi connectivity index (χ1v) is 10.9. The average molecular weight is 423 g/mol. The van der Waals surface area contributed by atoms with E-state index in [0.717, 1.165) is 60.6 Å². The first-order valence-electron chi connectivity index (χ1n) is 10.9. The molecule has 1 aliphatic rings. The highest BCUT2D eigenvalue weighted by Crippen LogP contribution is 2.36. The number of fused-ring (bicyclic) bond motifs is 1. The van der Waals surface area contributed by atoms with Crippen molar-refractivity contribution in [2.45, 2.75) is 39.5 Å². The minimum Gasteiger partial charge on any atom is -0.477 e. The minimum absolute atomic E-state index is 0.0469. The molecule has 1 N–H and O–H groups in total. The Bertz CT molecular complexity index is 1100. The van der Waals surface area contributed by atoms with Crippen LogP contribution in [0.25, 0.3) is 16.7 Å². The Morgan fingerprint density at radius 3 is 2.61 bits per heavy atom. The number of hydrogen-bond acceptors (Lipinski definition) is 5. The molecule has 0 amide bonds. The van der Waals surface area contributed by atoms with Gasteiger partial charge in [0.2, 0.25) is 0 Å². The first-order chi connectivity index (χ1) is 14.9. The number of aromatic nitrogens is 3. The monoisotopic (exact) mass is 422 g/mol. The highest BCUT2D eigenvalue weighted by Gasteiger charge is 2.27. The quantitative estimate of drug-likeness (QED) is 0.634. The molecule has 7 nitrogen and oxygen atoms in total. The van der Waals surface area contributed by atoms with Gasteiger partial charge in [-0.3, -0.25) is 0 Å². The fourth-order valence-electron chi connectivity index (χ4n) is 4.40. The molecule has 1 saturated heterocycles. The fourth-order valence-corrected chi connectivity index (χ4v) is 4.40. The maximum Gasteiger partial charge on any atom is 0.354 e. The van der Waals surface area contributed by atoms with E-state index in [1.807, 2.05) is 31.2 Å². The van der Waals surface area contributed by atoms with Crippen molar-refractivity contribution in [1.29, 1.82) is 0 Å². The van der Waals surface area contributed by atoms with Gasteiger partial charge in [-0.05, 0) is 55.4 Å². The van der Waals surface area contributed by atoms with Crippen molar-refractivity contribution in [2.75, 3.05) is 31.7 Å². The van der Waals surface area contributed by atoms with Crippen molar-refractivity contribution < 1.29 is 14.6 Å². The van der Waals surface area contributed by atoms with Crippen molar-refractivity contribution in [3.8, 4) is 5.69 Å². The molecule has 4 rings (SSSR count). The summed E-state index contributed by atoms with van der Waals surface area (Å²) in [5.74, 6) is -0.312.